The van der Waals surface area contributed by atoms with Crippen LogP contribution >= 0.6 is 0 Å². The quantitative estimate of drug-likeness (QED) is 0.880. The number of nitrogens with zero attached hydrogens (tertiary/aromatic N) is 2. The summed E-state index contributed by atoms with van der Waals surface area (Å²) in [5.41, 5.74) is 11.9. The van der Waals surface area contributed by atoms with E-state index in [2.05, 4.69) is 42.0 Å². The van der Waals surface area contributed by atoms with Crippen LogP contribution in [0.15, 0.2) is 28.2 Å². The van der Waals surface area contributed by atoms with Crippen molar-refractivity contribution in [1.82, 2.24) is 0 Å². The van der Waals surface area contributed by atoms with Crippen LogP contribution in [0.25, 0.3) is 0 Å². The zero-order valence-corrected chi connectivity index (χ0v) is 12.2. The summed E-state index contributed by atoms with van der Waals surface area (Å²) in [7, 11) is 0. The van der Waals surface area contributed by atoms with Crippen molar-refractivity contribution in [1.29, 1.82) is 0 Å². The van der Waals surface area contributed by atoms with Gasteiger partial charge in [-0.1, -0.05) is 32.0 Å². The van der Waals surface area contributed by atoms with E-state index in [1.54, 1.807) is 16.7 Å². The van der Waals surface area contributed by atoms with Crippen molar-refractivity contribution in [2.45, 2.75) is 39.0 Å². The second-order valence-electron chi connectivity index (χ2n) is 6.89. The third kappa shape index (κ3) is 1.58. The molecule has 2 atom stereocenters. The minimum atomic E-state index is 0.288. The molecule has 0 aromatic heterocycles. The van der Waals surface area contributed by atoms with E-state index in [9.17, 15) is 0 Å². The molecular weight excluding hydrogens is 246 g/mol. The highest BCUT2D eigenvalue weighted by Gasteiger charge is 2.61. The molecule has 3 heteroatoms. The fourth-order valence-corrected chi connectivity index (χ4v) is 4.33. The predicted molar refractivity (Wildman–Crippen MR) is 82.4 cm³/mol. The molecule has 1 saturated carbocycles. The maximum absolute atomic E-state index is 5.72. The standard InChI is InChI=1S/C17H21N3/c1-17(2)14(15(17)13-9-19-16(18)20-13)12-8-4-6-10-5-3-7-11(10)12/h4,6,8,14-15H,3,5,7,9H2,1-2H3,(H2,18,19)/t14-,15-/m1/s1. The summed E-state index contributed by atoms with van der Waals surface area (Å²) < 4.78 is 0. The third-order valence-corrected chi connectivity index (χ3v) is 5.36. The van der Waals surface area contributed by atoms with Crippen LogP contribution in [0.3, 0.4) is 0 Å². The van der Waals surface area contributed by atoms with Gasteiger partial charge in [0.1, 0.15) is 0 Å². The van der Waals surface area contributed by atoms with Gasteiger partial charge < -0.3 is 5.73 Å². The smallest absolute Gasteiger partial charge is 0.215 e. The molecule has 0 unspecified atom stereocenters. The summed E-state index contributed by atoms with van der Waals surface area (Å²) in [5.74, 6) is 1.56. The Kier molecular flexibility index (Phi) is 2.39. The van der Waals surface area contributed by atoms with E-state index in [0.29, 0.717) is 24.3 Å². The second-order valence-corrected chi connectivity index (χ2v) is 6.89. The summed E-state index contributed by atoms with van der Waals surface area (Å²) in [5, 5.41) is 0. The first-order valence-electron chi connectivity index (χ1n) is 7.57. The number of hydrogen-bond acceptors (Lipinski definition) is 3. The molecule has 0 saturated heterocycles. The van der Waals surface area contributed by atoms with Crippen LogP contribution < -0.4 is 5.73 Å². The molecule has 3 aliphatic rings. The van der Waals surface area contributed by atoms with Gasteiger partial charge in [-0.15, -0.1) is 0 Å². The maximum atomic E-state index is 5.72. The molecule has 20 heavy (non-hydrogen) atoms. The molecule has 1 aromatic carbocycles. The first-order valence-corrected chi connectivity index (χ1v) is 7.57. The van der Waals surface area contributed by atoms with Crippen LogP contribution in [0.5, 0.6) is 0 Å². The summed E-state index contributed by atoms with van der Waals surface area (Å²) in [6, 6.07) is 6.85. The highest BCUT2D eigenvalue weighted by atomic mass is 15.1. The Morgan fingerprint density at radius 1 is 1.20 bits per heavy atom. The normalized spacial score (nSPS) is 29.9. The SMILES string of the molecule is CC1(C)[C@H](C2=NC(N)=NC2)[C@H]1c1cccc2c1CCC2. The first kappa shape index (κ1) is 12.1. The second kappa shape index (κ2) is 3.94. The monoisotopic (exact) mass is 267 g/mol. The van der Waals surface area contributed by atoms with Gasteiger partial charge in [-0.3, -0.25) is 0 Å². The number of benzene rings is 1. The molecule has 1 fully saturated rings. The van der Waals surface area contributed by atoms with E-state index < -0.39 is 0 Å². The third-order valence-electron chi connectivity index (χ3n) is 5.36. The van der Waals surface area contributed by atoms with Crippen molar-refractivity contribution >= 4 is 11.7 Å². The number of fused-ring (bicyclic) bond motifs is 1. The van der Waals surface area contributed by atoms with Crippen LogP contribution in [0.2, 0.25) is 0 Å². The Labute approximate surface area is 120 Å². The Hall–Kier alpha value is -1.64. The van der Waals surface area contributed by atoms with Gasteiger partial charge in [0, 0.05) is 11.6 Å². The molecule has 1 heterocycles. The van der Waals surface area contributed by atoms with Crippen LogP contribution in [0.1, 0.15) is 42.9 Å². The van der Waals surface area contributed by atoms with Gasteiger partial charge >= 0.3 is 0 Å². The van der Waals surface area contributed by atoms with Crippen LogP contribution in [0, 0.1) is 11.3 Å². The van der Waals surface area contributed by atoms with Crippen molar-refractivity contribution in [2.24, 2.45) is 27.1 Å². The molecule has 0 amide bonds. The van der Waals surface area contributed by atoms with Crippen LogP contribution in [-0.2, 0) is 12.8 Å². The molecule has 0 radical (unpaired) electrons. The molecule has 0 bridgehead atoms. The summed E-state index contributed by atoms with van der Waals surface area (Å²) in [6.07, 6.45) is 3.80. The van der Waals surface area contributed by atoms with Gasteiger partial charge in [0.2, 0.25) is 5.96 Å². The lowest BCUT2D eigenvalue weighted by Crippen LogP contribution is -2.09. The molecule has 2 N–H and O–H groups in total. The zero-order valence-electron chi connectivity index (χ0n) is 12.2. The number of guanidine groups is 1. The largest absolute Gasteiger partial charge is 0.368 e. The predicted octanol–water partition coefficient (Wildman–Crippen LogP) is 2.68. The number of aliphatic imine (C=N–C) groups is 2. The fraction of sp³-hybridized carbons (Fsp3) is 0.529. The molecule has 1 aromatic rings. The van der Waals surface area contributed by atoms with E-state index in [1.165, 1.54) is 25.0 Å². The Morgan fingerprint density at radius 3 is 2.80 bits per heavy atom. The number of aryl methyl sites for hydroxylation is 1. The lowest BCUT2D eigenvalue weighted by atomic mass is 9.95. The van der Waals surface area contributed by atoms with E-state index in [4.69, 9.17) is 5.73 Å². The van der Waals surface area contributed by atoms with E-state index >= 15 is 0 Å². The van der Waals surface area contributed by atoms with Gasteiger partial charge in [-0.25, -0.2) is 9.98 Å². The molecule has 0 spiro atoms. The van der Waals surface area contributed by atoms with Crippen molar-refractivity contribution in [3.8, 4) is 0 Å². The minimum Gasteiger partial charge on any atom is -0.368 e. The highest BCUT2D eigenvalue weighted by Crippen LogP contribution is 2.66. The summed E-state index contributed by atoms with van der Waals surface area (Å²) >= 11 is 0. The van der Waals surface area contributed by atoms with Crippen molar-refractivity contribution in [3.05, 3.63) is 34.9 Å². The van der Waals surface area contributed by atoms with Gasteiger partial charge in [-0.05, 0) is 47.3 Å². The van der Waals surface area contributed by atoms with Crippen molar-refractivity contribution < 1.29 is 0 Å². The Balaban J connectivity index is 1.71. The highest BCUT2D eigenvalue weighted by molar-refractivity contribution is 6.05. The van der Waals surface area contributed by atoms with E-state index in [1.807, 2.05) is 0 Å². The van der Waals surface area contributed by atoms with Crippen LogP contribution in [-0.4, -0.2) is 18.2 Å². The molecule has 3 nitrogen and oxygen atoms in total. The fourth-order valence-electron chi connectivity index (χ4n) is 4.33. The molecular formula is C17H21N3. The molecule has 4 rings (SSSR count). The summed E-state index contributed by atoms with van der Waals surface area (Å²) in [6.45, 7) is 5.41. The van der Waals surface area contributed by atoms with Crippen molar-refractivity contribution in [2.75, 3.05) is 6.54 Å². The van der Waals surface area contributed by atoms with Crippen molar-refractivity contribution in [3.63, 3.8) is 0 Å². The summed E-state index contributed by atoms with van der Waals surface area (Å²) in [4.78, 5) is 8.70. The Morgan fingerprint density at radius 2 is 2.05 bits per heavy atom. The topological polar surface area (TPSA) is 50.7 Å². The van der Waals surface area contributed by atoms with E-state index in [0.717, 1.165) is 0 Å². The lowest BCUT2D eigenvalue weighted by molar-refractivity contribution is 0.599. The molecule has 104 valence electrons. The molecule has 2 aliphatic carbocycles. The van der Waals surface area contributed by atoms with Crippen LogP contribution in [0.4, 0.5) is 0 Å². The van der Waals surface area contributed by atoms with Gasteiger partial charge in [0.05, 0.1) is 6.54 Å². The van der Waals surface area contributed by atoms with Gasteiger partial charge in [0.15, 0.2) is 0 Å². The number of nitrogens with two attached hydrogens (primary N) is 1. The number of hydrogen-bond donors (Lipinski definition) is 1. The Bertz CT molecular complexity index is 640. The van der Waals surface area contributed by atoms with Gasteiger partial charge in [-0.2, -0.15) is 0 Å². The lowest BCUT2D eigenvalue weighted by Gasteiger charge is -2.09. The number of rotatable bonds is 2. The van der Waals surface area contributed by atoms with Gasteiger partial charge in [0.25, 0.3) is 0 Å². The molecule has 1 aliphatic heterocycles. The zero-order chi connectivity index (χ0) is 13.9. The average molecular weight is 267 g/mol. The first-order chi connectivity index (χ1) is 9.59. The maximum Gasteiger partial charge on any atom is 0.215 e. The average Bonchev–Trinajstić information content (AvgIpc) is 2.83. The van der Waals surface area contributed by atoms with E-state index in [-0.39, 0.29) is 5.41 Å². The minimum absolute atomic E-state index is 0.288.